The molecule has 11 nitrogen and oxygen atoms in total. The molecular weight excluding hydrogens is 615 g/mol. The SMILES string of the molecule is COc1c(N2CCCC(N(C)CCn3c(O)c(N=Nc4ccccc4)c4cc(F)ccc43)C2)ccc2c(=O)c(C(=O)O)cn(C3CC3)c12. The average molecular weight is 653 g/mol. The average Bonchev–Trinajstić information content (AvgIpc) is 3.91. The number of azo groups is 1. The molecule has 0 radical (unpaired) electrons. The number of benzene rings is 3. The number of pyridine rings is 1. The number of hydrogen-bond acceptors (Lipinski definition) is 8. The number of aromatic carboxylic acids is 1. The Morgan fingerprint density at radius 3 is 2.58 bits per heavy atom. The van der Waals surface area contributed by atoms with Gasteiger partial charge in [-0.25, -0.2) is 9.18 Å². The normalized spacial score (nSPS) is 16.8. The number of nitrogens with zero attached hydrogens (tertiary/aromatic N) is 6. The molecule has 3 aromatic carbocycles. The summed E-state index contributed by atoms with van der Waals surface area (Å²) >= 11 is 0. The van der Waals surface area contributed by atoms with Crippen LogP contribution in [-0.2, 0) is 6.54 Å². The van der Waals surface area contributed by atoms with Crippen LogP contribution in [0.15, 0.2) is 81.9 Å². The molecule has 2 fully saturated rings. The van der Waals surface area contributed by atoms with Gasteiger partial charge in [0.2, 0.25) is 11.3 Å². The van der Waals surface area contributed by atoms with E-state index in [9.17, 15) is 24.2 Å². The number of piperidine rings is 1. The van der Waals surface area contributed by atoms with Gasteiger partial charge in [-0.15, -0.1) is 5.11 Å². The second-order valence-corrected chi connectivity index (χ2v) is 12.6. The number of rotatable bonds is 10. The molecule has 0 spiro atoms. The first kappa shape index (κ1) is 31.4. The summed E-state index contributed by atoms with van der Waals surface area (Å²) < 4.78 is 23.9. The van der Waals surface area contributed by atoms with Gasteiger partial charge in [0.15, 0.2) is 11.4 Å². The maximum Gasteiger partial charge on any atom is 0.341 e. The molecule has 7 rings (SSSR count). The molecule has 1 saturated heterocycles. The number of likely N-dealkylation sites (N-methyl/N-ethyl adjacent to an activating group) is 1. The van der Waals surface area contributed by atoms with Crippen molar-refractivity contribution >= 4 is 44.8 Å². The van der Waals surface area contributed by atoms with Crippen LogP contribution in [0.1, 0.15) is 42.1 Å². The molecule has 1 aliphatic carbocycles. The van der Waals surface area contributed by atoms with Gasteiger partial charge in [-0.05, 0) is 75.2 Å². The summed E-state index contributed by atoms with van der Waals surface area (Å²) in [6.45, 7) is 2.56. The van der Waals surface area contributed by atoms with Crippen LogP contribution < -0.4 is 15.1 Å². The molecule has 12 heteroatoms. The van der Waals surface area contributed by atoms with Gasteiger partial charge in [-0.2, -0.15) is 5.11 Å². The first-order chi connectivity index (χ1) is 23.2. The molecule has 2 aliphatic rings. The zero-order valence-electron chi connectivity index (χ0n) is 26.8. The van der Waals surface area contributed by atoms with Crippen LogP contribution in [-0.4, -0.2) is 70.1 Å². The first-order valence-corrected chi connectivity index (χ1v) is 16.2. The lowest BCUT2D eigenvalue weighted by molar-refractivity contribution is 0.0694. The summed E-state index contributed by atoms with van der Waals surface area (Å²) in [7, 11) is 3.65. The third kappa shape index (κ3) is 5.76. The van der Waals surface area contributed by atoms with Crippen LogP contribution in [0.3, 0.4) is 0 Å². The molecule has 1 atom stereocenters. The summed E-state index contributed by atoms with van der Waals surface area (Å²) in [5, 5.41) is 30.3. The van der Waals surface area contributed by atoms with Gasteiger partial charge in [0, 0.05) is 49.8 Å². The minimum Gasteiger partial charge on any atom is -0.493 e. The number of aromatic hydroxyl groups is 1. The highest BCUT2D eigenvalue weighted by atomic mass is 19.1. The van der Waals surface area contributed by atoms with Gasteiger partial charge in [0.05, 0.1) is 34.9 Å². The van der Waals surface area contributed by atoms with Gasteiger partial charge in [-0.3, -0.25) is 9.69 Å². The number of anilines is 1. The van der Waals surface area contributed by atoms with Gasteiger partial charge < -0.3 is 29.0 Å². The van der Waals surface area contributed by atoms with Gasteiger partial charge in [0.1, 0.15) is 11.4 Å². The second kappa shape index (κ2) is 12.8. The lowest BCUT2D eigenvalue weighted by Gasteiger charge is -2.39. The van der Waals surface area contributed by atoms with E-state index in [1.807, 2.05) is 28.8 Å². The van der Waals surface area contributed by atoms with Crippen molar-refractivity contribution in [1.29, 1.82) is 0 Å². The molecule has 48 heavy (non-hydrogen) atoms. The molecule has 2 N–H and O–H groups in total. The van der Waals surface area contributed by atoms with Gasteiger partial charge >= 0.3 is 5.97 Å². The lowest BCUT2D eigenvalue weighted by Crippen LogP contribution is -2.47. The third-order valence-electron chi connectivity index (χ3n) is 9.53. The maximum absolute atomic E-state index is 14.3. The zero-order chi connectivity index (χ0) is 33.5. The Labute approximate surface area is 276 Å². The minimum atomic E-state index is -1.23. The van der Waals surface area contributed by atoms with E-state index < -0.39 is 17.2 Å². The summed E-state index contributed by atoms with van der Waals surface area (Å²) in [5.41, 5.74) is 2.27. The molecule has 5 aromatic rings. The van der Waals surface area contributed by atoms with E-state index in [1.54, 1.807) is 35.9 Å². The Balaban J connectivity index is 1.14. The number of hydrogen-bond donors (Lipinski definition) is 2. The first-order valence-electron chi connectivity index (χ1n) is 16.2. The molecule has 1 saturated carbocycles. The van der Waals surface area contributed by atoms with E-state index in [4.69, 9.17) is 4.74 Å². The van der Waals surface area contributed by atoms with E-state index in [1.165, 1.54) is 18.3 Å². The van der Waals surface area contributed by atoms with Crippen LogP contribution in [0.5, 0.6) is 11.6 Å². The molecule has 2 aromatic heterocycles. The highest BCUT2D eigenvalue weighted by molar-refractivity contribution is 5.97. The maximum atomic E-state index is 14.3. The molecular formula is C36H37FN6O5. The Morgan fingerprint density at radius 1 is 1.06 bits per heavy atom. The summed E-state index contributed by atoms with van der Waals surface area (Å²) in [5.74, 6) is -1.15. The van der Waals surface area contributed by atoms with E-state index in [0.29, 0.717) is 52.9 Å². The van der Waals surface area contributed by atoms with E-state index >= 15 is 0 Å². The molecule has 1 unspecified atom stereocenters. The van der Waals surface area contributed by atoms with Crippen molar-refractivity contribution in [3.05, 3.63) is 88.5 Å². The van der Waals surface area contributed by atoms with Crippen molar-refractivity contribution in [1.82, 2.24) is 14.0 Å². The monoisotopic (exact) mass is 652 g/mol. The largest absolute Gasteiger partial charge is 0.493 e. The van der Waals surface area contributed by atoms with Crippen LogP contribution in [0.4, 0.5) is 21.5 Å². The van der Waals surface area contributed by atoms with Gasteiger partial charge in [-0.1, -0.05) is 18.2 Å². The van der Waals surface area contributed by atoms with Crippen LogP contribution in [0, 0.1) is 5.82 Å². The number of carboxylic acid groups (broad SMARTS) is 1. The van der Waals surface area contributed by atoms with Crippen molar-refractivity contribution in [2.24, 2.45) is 10.2 Å². The number of fused-ring (bicyclic) bond motifs is 2. The fraction of sp³-hybridized carbons (Fsp3) is 0.333. The van der Waals surface area contributed by atoms with Crippen LogP contribution in [0.2, 0.25) is 0 Å². The molecule has 1 aliphatic heterocycles. The lowest BCUT2D eigenvalue weighted by atomic mass is 10.0. The van der Waals surface area contributed by atoms with E-state index in [2.05, 4.69) is 27.1 Å². The number of aromatic nitrogens is 2. The predicted molar refractivity (Wildman–Crippen MR) is 182 cm³/mol. The van der Waals surface area contributed by atoms with Crippen LogP contribution in [0.25, 0.3) is 21.8 Å². The van der Waals surface area contributed by atoms with Crippen molar-refractivity contribution < 1.29 is 24.1 Å². The summed E-state index contributed by atoms with van der Waals surface area (Å²) in [6, 6.07) is 17.5. The van der Waals surface area contributed by atoms with Gasteiger partial charge in [0.25, 0.3) is 0 Å². The molecule has 248 valence electrons. The second-order valence-electron chi connectivity index (χ2n) is 12.6. The summed E-state index contributed by atoms with van der Waals surface area (Å²) in [6.07, 6.45) is 5.20. The quantitative estimate of drug-likeness (QED) is 0.158. The summed E-state index contributed by atoms with van der Waals surface area (Å²) in [4.78, 5) is 29.5. The molecule has 3 heterocycles. The zero-order valence-corrected chi connectivity index (χ0v) is 26.8. The predicted octanol–water partition coefficient (Wildman–Crippen LogP) is 6.86. The number of carboxylic acids is 1. The van der Waals surface area contributed by atoms with Crippen molar-refractivity contribution in [3.8, 4) is 11.6 Å². The number of methoxy groups -OCH3 is 1. The Hall–Kier alpha value is -5.23. The smallest absolute Gasteiger partial charge is 0.341 e. The highest BCUT2D eigenvalue weighted by Gasteiger charge is 2.31. The number of carbonyl (C=O) groups is 1. The Morgan fingerprint density at radius 2 is 1.85 bits per heavy atom. The fourth-order valence-corrected chi connectivity index (χ4v) is 6.85. The number of halogens is 1. The minimum absolute atomic E-state index is 0.0670. The Bertz CT molecular complexity index is 2110. The van der Waals surface area contributed by atoms with Crippen LogP contribution >= 0.6 is 0 Å². The molecule has 0 bridgehead atoms. The number of ether oxygens (including phenoxy) is 1. The molecule has 0 amide bonds. The highest BCUT2D eigenvalue weighted by Crippen LogP contribution is 2.43. The van der Waals surface area contributed by atoms with Crippen molar-refractivity contribution in [2.75, 3.05) is 38.7 Å². The topological polar surface area (TPSA) is 125 Å². The fourth-order valence-electron chi connectivity index (χ4n) is 6.85. The van der Waals surface area contributed by atoms with Crippen molar-refractivity contribution in [2.45, 2.75) is 44.3 Å². The van der Waals surface area contributed by atoms with E-state index in [-0.39, 0.29) is 29.2 Å². The Kier molecular flexibility index (Phi) is 8.34. The van der Waals surface area contributed by atoms with Crippen molar-refractivity contribution in [3.63, 3.8) is 0 Å². The van der Waals surface area contributed by atoms with E-state index in [0.717, 1.165) is 37.9 Å². The standard InChI is InChI=1S/C36H37FN6O5/c1-40(17-18-42-29-14-10-22(37)19-27(29)31(35(42)45)39-38-23-7-4-3-5-8-23)25-9-6-16-41(20-25)30-15-13-26-32(34(30)48-2)43(24-11-12-24)21-28(33(26)44)36(46)47/h3-5,7-8,10,13-15,19,21,24-25,45H,6,9,11-12,16-18,20H2,1-2H3,(H,46,47). The third-order valence-corrected chi connectivity index (χ3v) is 9.53.